The molecule has 0 unspecified atom stereocenters. The SMILES string of the molecule is COC(=O)c1ccoc1CSc1ccccc1C(=O)NCCCCc1nc(C)cs1. The second-order valence-corrected chi connectivity index (χ2v) is 8.59. The van der Waals surface area contributed by atoms with Crippen LogP contribution in [0.25, 0.3) is 0 Å². The lowest BCUT2D eigenvalue weighted by Gasteiger charge is -2.10. The van der Waals surface area contributed by atoms with Gasteiger partial charge in [-0.1, -0.05) is 12.1 Å². The average molecular weight is 445 g/mol. The van der Waals surface area contributed by atoms with Crippen LogP contribution in [0.2, 0.25) is 0 Å². The molecule has 0 aliphatic carbocycles. The Bertz CT molecular complexity index is 996. The lowest BCUT2D eigenvalue weighted by Crippen LogP contribution is -2.25. The van der Waals surface area contributed by atoms with Crippen LogP contribution >= 0.6 is 23.1 Å². The molecule has 0 saturated carbocycles. The Kier molecular flexibility index (Phi) is 8.10. The molecule has 0 spiro atoms. The van der Waals surface area contributed by atoms with Crippen molar-refractivity contribution in [3.63, 3.8) is 0 Å². The van der Waals surface area contributed by atoms with Crippen LogP contribution in [-0.2, 0) is 16.9 Å². The molecule has 8 heteroatoms. The van der Waals surface area contributed by atoms with E-state index in [9.17, 15) is 9.59 Å². The van der Waals surface area contributed by atoms with Crippen molar-refractivity contribution in [2.45, 2.75) is 36.8 Å². The summed E-state index contributed by atoms with van der Waals surface area (Å²) in [7, 11) is 1.34. The highest BCUT2D eigenvalue weighted by atomic mass is 32.2. The minimum Gasteiger partial charge on any atom is -0.468 e. The maximum atomic E-state index is 12.7. The molecular weight excluding hydrogens is 420 g/mol. The number of benzene rings is 1. The van der Waals surface area contributed by atoms with Crippen LogP contribution in [0.5, 0.6) is 0 Å². The maximum Gasteiger partial charge on any atom is 0.341 e. The van der Waals surface area contributed by atoms with Crippen molar-refractivity contribution >= 4 is 35.0 Å². The number of hydrogen-bond acceptors (Lipinski definition) is 7. The molecule has 0 radical (unpaired) electrons. The zero-order valence-corrected chi connectivity index (χ0v) is 18.6. The lowest BCUT2D eigenvalue weighted by molar-refractivity contribution is 0.0598. The van der Waals surface area contributed by atoms with E-state index >= 15 is 0 Å². The Balaban J connectivity index is 1.51. The van der Waals surface area contributed by atoms with Gasteiger partial charge in [0.15, 0.2) is 0 Å². The molecule has 158 valence electrons. The van der Waals surface area contributed by atoms with Gasteiger partial charge in [0, 0.05) is 22.5 Å². The number of methoxy groups -OCH3 is 1. The zero-order chi connectivity index (χ0) is 21.3. The Morgan fingerprint density at radius 1 is 1.20 bits per heavy atom. The molecule has 2 aromatic heterocycles. The first-order chi connectivity index (χ1) is 14.6. The topological polar surface area (TPSA) is 81.4 Å². The summed E-state index contributed by atoms with van der Waals surface area (Å²) in [5.74, 6) is 0.420. The van der Waals surface area contributed by atoms with Gasteiger partial charge < -0.3 is 14.5 Å². The average Bonchev–Trinajstić information content (AvgIpc) is 3.40. The van der Waals surface area contributed by atoms with Crippen LogP contribution in [0.15, 0.2) is 51.3 Å². The summed E-state index contributed by atoms with van der Waals surface area (Å²) in [6.45, 7) is 2.62. The number of furan rings is 1. The van der Waals surface area contributed by atoms with Gasteiger partial charge >= 0.3 is 5.97 Å². The van der Waals surface area contributed by atoms with Gasteiger partial charge in [-0.3, -0.25) is 4.79 Å². The van der Waals surface area contributed by atoms with E-state index in [1.807, 2.05) is 25.1 Å². The molecular formula is C22H24N2O4S2. The first-order valence-electron chi connectivity index (χ1n) is 9.64. The van der Waals surface area contributed by atoms with E-state index in [0.29, 0.717) is 29.2 Å². The van der Waals surface area contributed by atoms with Gasteiger partial charge in [0.25, 0.3) is 5.91 Å². The Morgan fingerprint density at radius 3 is 2.80 bits per heavy atom. The zero-order valence-electron chi connectivity index (χ0n) is 17.0. The third-order valence-electron chi connectivity index (χ3n) is 4.41. The Labute approximate surface area is 184 Å². The van der Waals surface area contributed by atoms with E-state index in [4.69, 9.17) is 9.15 Å². The predicted octanol–water partition coefficient (Wildman–Crippen LogP) is 4.88. The predicted molar refractivity (Wildman–Crippen MR) is 118 cm³/mol. The van der Waals surface area contributed by atoms with Crippen LogP contribution in [0.4, 0.5) is 0 Å². The standard InChI is InChI=1S/C22H24N2O4S2/c1-15-13-30-20(24-15)9-5-6-11-23-21(25)17-7-3-4-8-19(17)29-14-18-16(10-12-28-18)22(26)27-2/h3-4,7-8,10,12-13H,5-6,9,11,14H2,1-2H3,(H,23,25). The summed E-state index contributed by atoms with van der Waals surface area (Å²) in [5.41, 5.74) is 2.08. The second kappa shape index (κ2) is 11.0. The van der Waals surface area contributed by atoms with Gasteiger partial charge in [0.1, 0.15) is 11.3 Å². The van der Waals surface area contributed by atoms with Crippen molar-refractivity contribution in [1.82, 2.24) is 10.3 Å². The highest BCUT2D eigenvalue weighted by molar-refractivity contribution is 7.98. The van der Waals surface area contributed by atoms with Crippen LogP contribution < -0.4 is 5.32 Å². The van der Waals surface area contributed by atoms with Gasteiger partial charge in [-0.15, -0.1) is 23.1 Å². The van der Waals surface area contributed by atoms with Crippen molar-refractivity contribution in [1.29, 1.82) is 0 Å². The van der Waals surface area contributed by atoms with Crippen molar-refractivity contribution < 1.29 is 18.7 Å². The van der Waals surface area contributed by atoms with Crippen LogP contribution in [0.3, 0.4) is 0 Å². The van der Waals surface area contributed by atoms with E-state index in [1.165, 1.54) is 25.1 Å². The molecule has 30 heavy (non-hydrogen) atoms. The van der Waals surface area contributed by atoms with E-state index in [0.717, 1.165) is 34.9 Å². The van der Waals surface area contributed by atoms with E-state index in [1.54, 1.807) is 23.5 Å². The molecule has 0 fully saturated rings. The van der Waals surface area contributed by atoms with Gasteiger partial charge in [-0.2, -0.15) is 0 Å². The highest BCUT2D eigenvalue weighted by Crippen LogP contribution is 2.28. The summed E-state index contributed by atoms with van der Waals surface area (Å²) in [4.78, 5) is 29.7. The fourth-order valence-corrected chi connectivity index (χ4v) is 4.70. The number of nitrogens with zero attached hydrogens (tertiary/aromatic N) is 1. The molecule has 0 saturated heterocycles. The van der Waals surface area contributed by atoms with Crippen molar-refractivity contribution in [3.05, 3.63) is 69.6 Å². The van der Waals surface area contributed by atoms with Crippen LogP contribution in [0.1, 0.15) is 50.0 Å². The Morgan fingerprint density at radius 2 is 2.03 bits per heavy atom. The van der Waals surface area contributed by atoms with Crippen LogP contribution in [0, 0.1) is 6.92 Å². The summed E-state index contributed by atoms with van der Waals surface area (Å²) in [6.07, 6.45) is 4.28. The third-order valence-corrected chi connectivity index (χ3v) is 6.51. The molecule has 3 rings (SSSR count). The third kappa shape index (κ3) is 5.96. The fraction of sp³-hybridized carbons (Fsp3) is 0.318. The fourth-order valence-electron chi connectivity index (χ4n) is 2.88. The van der Waals surface area contributed by atoms with E-state index in [-0.39, 0.29) is 5.91 Å². The van der Waals surface area contributed by atoms with Gasteiger partial charge in [-0.25, -0.2) is 9.78 Å². The molecule has 3 aromatic rings. The molecule has 6 nitrogen and oxygen atoms in total. The van der Waals surface area contributed by atoms with Gasteiger partial charge in [0.2, 0.25) is 0 Å². The van der Waals surface area contributed by atoms with Crippen molar-refractivity contribution in [2.75, 3.05) is 13.7 Å². The molecule has 0 aliphatic heterocycles. The molecule has 1 amide bonds. The summed E-state index contributed by atoms with van der Waals surface area (Å²) >= 11 is 3.13. The number of thiazole rings is 1. The first-order valence-corrected chi connectivity index (χ1v) is 11.5. The first kappa shape index (κ1) is 22.1. The van der Waals surface area contributed by atoms with Crippen molar-refractivity contribution in [2.24, 2.45) is 0 Å². The lowest BCUT2D eigenvalue weighted by atomic mass is 10.2. The maximum absolute atomic E-state index is 12.7. The summed E-state index contributed by atoms with van der Waals surface area (Å²) in [6, 6.07) is 9.02. The number of nitrogens with one attached hydrogen (secondary N) is 1. The normalized spacial score (nSPS) is 10.7. The minimum absolute atomic E-state index is 0.101. The summed E-state index contributed by atoms with van der Waals surface area (Å²) < 4.78 is 10.2. The smallest absolute Gasteiger partial charge is 0.341 e. The monoisotopic (exact) mass is 444 g/mol. The van der Waals surface area contributed by atoms with Crippen molar-refractivity contribution in [3.8, 4) is 0 Å². The molecule has 0 bridgehead atoms. The quantitative estimate of drug-likeness (QED) is 0.273. The number of esters is 1. The number of carbonyl (C=O) groups is 2. The number of rotatable bonds is 10. The number of aryl methyl sites for hydroxylation is 2. The van der Waals surface area contributed by atoms with Gasteiger partial charge in [-0.05, 0) is 44.4 Å². The molecule has 1 N–H and O–H groups in total. The number of carbonyl (C=O) groups excluding carboxylic acids is 2. The number of thioether (sulfide) groups is 1. The van der Waals surface area contributed by atoms with Gasteiger partial charge in [0.05, 0.1) is 29.7 Å². The number of hydrogen-bond donors (Lipinski definition) is 1. The van der Waals surface area contributed by atoms with Crippen LogP contribution in [-0.4, -0.2) is 30.5 Å². The largest absolute Gasteiger partial charge is 0.468 e. The number of aromatic nitrogens is 1. The highest BCUT2D eigenvalue weighted by Gasteiger charge is 2.17. The van der Waals surface area contributed by atoms with E-state index in [2.05, 4.69) is 15.7 Å². The number of unbranched alkanes of at least 4 members (excludes halogenated alkanes) is 1. The minimum atomic E-state index is -0.432. The molecule has 0 atom stereocenters. The molecule has 0 aliphatic rings. The van der Waals surface area contributed by atoms with E-state index < -0.39 is 5.97 Å². The molecule has 1 aromatic carbocycles. The number of ether oxygens (including phenoxy) is 1. The second-order valence-electron chi connectivity index (χ2n) is 6.63. The summed E-state index contributed by atoms with van der Waals surface area (Å²) in [5, 5.41) is 6.20. The number of amides is 1. The molecule has 2 heterocycles. The Hall–Kier alpha value is -2.58.